The third kappa shape index (κ3) is 4.38. The molecule has 3 aromatic rings. The molecule has 3 aromatic heterocycles. The molecule has 0 amide bonds. The highest BCUT2D eigenvalue weighted by Gasteiger charge is 2.28. The van der Waals surface area contributed by atoms with Gasteiger partial charge in [0.05, 0.1) is 54.2 Å². The maximum atomic E-state index is 9.51. The van der Waals surface area contributed by atoms with Crippen molar-refractivity contribution in [3.63, 3.8) is 0 Å². The number of nitrogens with one attached hydrogen (secondary N) is 2. The number of allylic oxidation sites excluding steroid dienone is 1. The lowest BCUT2D eigenvalue weighted by Crippen LogP contribution is -2.26. The number of nitrogens with zero attached hydrogens (tertiary/aromatic N) is 5. The van der Waals surface area contributed by atoms with Crippen LogP contribution >= 0.6 is 0 Å². The van der Waals surface area contributed by atoms with E-state index in [1.54, 1.807) is 23.1 Å². The van der Waals surface area contributed by atoms with Gasteiger partial charge in [-0.3, -0.25) is 4.68 Å². The van der Waals surface area contributed by atoms with Gasteiger partial charge in [0.1, 0.15) is 0 Å². The fourth-order valence-corrected chi connectivity index (χ4v) is 4.04. The van der Waals surface area contributed by atoms with Crippen LogP contribution in [0.3, 0.4) is 0 Å². The summed E-state index contributed by atoms with van der Waals surface area (Å²) in [5, 5.41) is 38.2. The van der Waals surface area contributed by atoms with Gasteiger partial charge in [-0.1, -0.05) is 13.3 Å². The standard InChI is InChI=1S/C22H29N7O2/c1-2-20(15-4-3-5-15)28-12-17(10-26-28)22-21-6-7-25-29(21)13-19(27-22)16(8-23)9-24-11-18(31)14-30/h6-10,12-13,15,18,20,23-24,30-31H,2-5,11,14H2,1H3/b16-9+,23-8?. The summed E-state index contributed by atoms with van der Waals surface area (Å²) in [7, 11) is 0. The lowest BCUT2D eigenvalue weighted by molar-refractivity contribution is 0.0972. The molecule has 164 valence electrons. The molecule has 4 rings (SSSR count). The van der Waals surface area contributed by atoms with Crippen LogP contribution in [0.2, 0.25) is 0 Å². The average Bonchev–Trinajstić information content (AvgIpc) is 3.42. The molecule has 0 aromatic carbocycles. The smallest absolute Gasteiger partial charge is 0.0999 e. The minimum atomic E-state index is -0.867. The van der Waals surface area contributed by atoms with Crippen LogP contribution in [0.15, 0.2) is 37.1 Å². The molecule has 0 bridgehead atoms. The van der Waals surface area contributed by atoms with Crippen molar-refractivity contribution in [3.05, 3.63) is 42.7 Å². The zero-order chi connectivity index (χ0) is 21.8. The Morgan fingerprint density at radius 3 is 2.87 bits per heavy atom. The van der Waals surface area contributed by atoms with Crippen molar-refractivity contribution in [2.45, 2.75) is 44.8 Å². The molecule has 9 nitrogen and oxygen atoms in total. The van der Waals surface area contributed by atoms with E-state index in [9.17, 15) is 5.11 Å². The quantitative estimate of drug-likeness (QED) is 0.371. The molecule has 0 spiro atoms. The van der Waals surface area contributed by atoms with Crippen LogP contribution in [0.5, 0.6) is 0 Å². The highest BCUT2D eigenvalue weighted by molar-refractivity contribution is 6.07. The maximum Gasteiger partial charge on any atom is 0.0999 e. The van der Waals surface area contributed by atoms with Crippen LogP contribution in [0.1, 0.15) is 44.3 Å². The summed E-state index contributed by atoms with van der Waals surface area (Å²) >= 11 is 0. The predicted octanol–water partition coefficient (Wildman–Crippen LogP) is 2.28. The molecule has 9 heteroatoms. The Hall–Kier alpha value is -3.04. The van der Waals surface area contributed by atoms with Crippen molar-refractivity contribution < 1.29 is 10.2 Å². The summed E-state index contributed by atoms with van der Waals surface area (Å²) in [4.78, 5) is 4.82. The van der Waals surface area contributed by atoms with Crippen LogP contribution < -0.4 is 5.32 Å². The Bertz CT molecular complexity index is 1070. The van der Waals surface area contributed by atoms with Gasteiger partial charge in [0.25, 0.3) is 0 Å². The zero-order valence-corrected chi connectivity index (χ0v) is 17.6. The molecule has 2 atom stereocenters. The molecular weight excluding hydrogens is 394 g/mol. The van der Waals surface area contributed by atoms with E-state index in [2.05, 4.69) is 33.3 Å². The molecule has 3 heterocycles. The fourth-order valence-electron chi connectivity index (χ4n) is 4.04. The number of aliphatic hydroxyl groups excluding tert-OH is 2. The lowest BCUT2D eigenvalue weighted by Gasteiger charge is -2.33. The summed E-state index contributed by atoms with van der Waals surface area (Å²) in [5.41, 5.74) is 3.65. The Balaban J connectivity index is 1.68. The Morgan fingerprint density at radius 1 is 1.35 bits per heavy atom. The van der Waals surface area contributed by atoms with Crippen LogP contribution in [0, 0.1) is 11.3 Å². The third-order valence-corrected chi connectivity index (χ3v) is 5.99. The van der Waals surface area contributed by atoms with E-state index in [-0.39, 0.29) is 13.2 Å². The van der Waals surface area contributed by atoms with E-state index < -0.39 is 6.10 Å². The highest BCUT2D eigenvalue weighted by atomic mass is 16.3. The van der Waals surface area contributed by atoms with Crippen molar-refractivity contribution in [2.75, 3.05) is 13.2 Å². The molecule has 2 unspecified atom stereocenters. The SMILES string of the molecule is CCC(C1CCC1)n1cc(-c2nc(/C(C=N)=C/NCC(O)CO)cn3nccc23)cn1. The van der Waals surface area contributed by atoms with Gasteiger partial charge in [0.15, 0.2) is 0 Å². The Kier molecular flexibility index (Phi) is 6.43. The molecule has 0 radical (unpaired) electrons. The molecular formula is C22H29N7O2. The van der Waals surface area contributed by atoms with Crippen LogP contribution in [0.25, 0.3) is 22.3 Å². The number of rotatable bonds is 10. The molecule has 0 aliphatic heterocycles. The maximum absolute atomic E-state index is 9.51. The fraction of sp³-hybridized carbons (Fsp3) is 0.455. The molecule has 1 fully saturated rings. The first-order chi connectivity index (χ1) is 15.1. The number of fused-ring (bicyclic) bond motifs is 1. The van der Waals surface area contributed by atoms with Crippen LogP contribution in [-0.2, 0) is 0 Å². The largest absolute Gasteiger partial charge is 0.394 e. The van der Waals surface area contributed by atoms with Crippen LogP contribution in [0.4, 0.5) is 0 Å². The normalized spacial score (nSPS) is 16.8. The van der Waals surface area contributed by atoms with Gasteiger partial charge >= 0.3 is 0 Å². The van der Waals surface area contributed by atoms with E-state index in [0.29, 0.717) is 23.2 Å². The summed E-state index contributed by atoms with van der Waals surface area (Å²) in [5.74, 6) is 0.694. The molecule has 1 aliphatic rings. The van der Waals surface area contributed by atoms with Gasteiger partial charge in [-0.15, -0.1) is 0 Å². The average molecular weight is 424 g/mol. The van der Waals surface area contributed by atoms with Crippen molar-refractivity contribution in [2.24, 2.45) is 5.92 Å². The monoisotopic (exact) mass is 423 g/mol. The molecule has 1 saturated carbocycles. The summed E-state index contributed by atoms with van der Waals surface area (Å²) in [6.45, 7) is 2.06. The minimum absolute atomic E-state index is 0.178. The van der Waals surface area contributed by atoms with E-state index >= 15 is 0 Å². The van der Waals surface area contributed by atoms with Crippen molar-refractivity contribution >= 4 is 17.3 Å². The van der Waals surface area contributed by atoms with E-state index in [4.69, 9.17) is 15.5 Å². The first-order valence-electron chi connectivity index (χ1n) is 10.8. The second-order valence-electron chi connectivity index (χ2n) is 8.00. The number of aliphatic hydroxyl groups is 2. The van der Waals surface area contributed by atoms with E-state index in [0.717, 1.165) is 23.2 Å². The van der Waals surface area contributed by atoms with Gasteiger partial charge < -0.3 is 20.9 Å². The van der Waals surface area contributed by atoms with Gasteiger partial charge in [-0.2, -0.15) is 10.2 Å². The van der Waals surface area contributed by atoms with Gasteiger partial charge in [0, 0.05) is 36.3 Å². The van der Waals surface area contributed by atoms with Crippen LogP contribution in [-0.4, -0.2) is 60.1 Å². The van der Waals surface area contributed by atoms with E-state index in [1.165, 1.54) is 25.5 Å². The third-order valence-electron chi connectivity index (χ3n) is 5.99. The number of hydrogen-bond donors (Lipinski definition) is 4. The summed E-state index contributed by atoms with van der Waals surface area (Å²) in [6.07, 6.45) is 14.2. The Labute approximate surface area is 180 Å². The number of aromatic nitrogens is 5. The molecule has 4 N–H and O–H groups in total. The van der Waals surface area contributed by atoms with Crippen molar-refractivity contribution in [3.8, 4) is 11.3 Å². The van der Waals surface area contributed by atoms with Gasteiger partial charge in [-0.25, -0.2) is 9.50 Å². The highest BCUT2D eigenvalue weighted by Crippen LogP contribution is 2.38. The zero-order valence-electron chi connectivity index (χ0n) is 17.6. The first-order valence-corrected chi connectivity index (χ1v) is 10.8. The topological polar surface area (TPSA) is 124 Å². The minimum Gasteiger partial charge on any atom is -0.394 e. The van der Waals surface area contributed by atoms with Gasteiger partial charge in [-0.05, 0) is 31.2 Å². The second-order valence-corrected chi connectivity index (χ2v) is 8.00. The lowest BCUT2D eigenvalue weighted by atomic mass is 9.79. The summed E-state index contributed by atoms with van der Waals surface area (Å²) in [6, 6.07) is 2.32. The van der Waals surface area contributed by atoms with Crippen molar-refractivity contribution in [1.29, 1.82) is 5.41 Å². The second kappa shape index (κ2) is 9.40. The molecule has 0 saturated heterocycles. The summed E-state index contributed by atoms with van der Waals surface area (Å²) < 4.78 is 3.82. The van der Waals surface area contributed by atoms with Gasteiger partial charge in [0.2, 0.25) is 0 Å². The van der Waals surface area contributed by atoms with Crippen molar-refractivity contribution in [1.82, 2.24) is 29.7 Å². The Morgan fingerprint density at radius 2 is 2.19 bits per heavy atom. The predicted molar refractivity (Wildman–Crippen MR) is 119 cm³/mol. The molecule has 1 aliphatic carbocycles. The first kappa shape index (κ1) is 21.2. The number of hydrogen-bond acceptors (Lipinski definition) is 7. The molecule has 31 heavy (non-hydrogen) atoms. The van der Waals surface area contributed by atoms with E-state index in [1.807, 2.05) is 12.3 Å².